The zero-order valence-corrected chi connectivity index (χ0v) is 14.6. The van der Waals surface area contributed by atoms with Gasteiger partial charge in [-0.15, -0.1) is 0 Å². The van der Waals surface area contributed by atoms with Crippen LogP contribution in [0.5, 0.6) is 0 Å². The van der Waals surface area contributed by atoms with Gasteiger partial charge < -0.3 is 4.74 Å². The van der Waals surface area contributed by atoms with E-state index in [2.05, 4.69) is 4.98 Å². The van der Waals surface area contributed by atoms with E-state index in [1.54, 1.807) is 20.8 Å². The molecule has 0 radical (unpaired) electrons. The van der Waals surface area contributed by atoms with Crippen molar-refractivity contribution in [1.82, 2.24) is 9.55 Å². The zero-order valence-electron chi connectivity index (χ0n) is 14.6. The van der Waals surface area contributed by atoms with Gasteiger partial charge in [-0.05, 0) is 11.5 Å². The number of carbonyl (C=O) groups is 1. The van der Waals surface area contributed by atoms with Crippen molar-refractivity contribution in [3.8, 4) is 0 Å². The van der Waals surface area contributed by atoms with Gasteiger partial charge in [-0.2, -0.15) is 26.3 Å². The molecule has 1 heterocycles. The number of non-ortho nitro benzene ring substituents is 1. The zero-order chi connectivity index (χ0) is 21.7. The van der Waals surface area contributed by atoms with E-state index in [0.717, 1.165) is 0 Å². The molecule has 0 atom stereocenters. The van der Waals surface area contributed by atoms with Crippen molar-refractivity contribution in [1.29, 1.82) is 0 Å². The number of halogens is 6. The third kappa shape index (κ3) is 4.34. The predicted molar refractivity (Wildman–Crippen MR) is 82.6 cm³/mol. The molecular weight excluding hydrogens is 400 g/mol. The van der Waals surface area contributed by atoms with Crippen LogP contribution >= 0.6 is 0 Å². The van der Waals surface area contributed by atoms with Gasteiger partial charge in [-0.25, -0.2) is 14.3 Å². The van der Waals surface area contributed by atoms with Gasteiger partial charge in [0.05, 0.1) is 22.6 Å². The summed E-state index contributed by atoms with van der Waals surface area (Å²) in [6.07, 6.45) is -12.0. The van der Waals surface area contributed by atoms with Crippen LogP contribution in [0.3, 0.4) is 0 Å². The summed E-state index contributed by atoms with van der Waals surface area (Å²) in [6.45, 7) is 4.44. The first-order valence-corrected chi connectivity index (χ1v) is 7.55. The van der Waals surface area contributed by atoms with Gasteiger partial charge >= 0.3 is 18.4 Å². The third-order valence-electron chi connectivity index (χ3n) is 3.33. The average Bonchev–Trinajstić information content (AvgIpc) is 2.89. The lowest BCUT2D eigenvalue weighted by molar-refractivity contribution is -0.383. The Kier molecular flexibility index (Phi) is 5.08. The van der Waals surface area contributed by atoms with Crippen LogP contribution in [0, 0.1) is 15.5 Å². The van der Waals surface area contributed by atoms with Crippen molar-refractivity contribution in [2.24, 2.45) is 5.41 Å². The van der Waals surface area contributed by atoms with Crippen LogP contribution in [-0.2, 0) is 17.1 Å². The summed E-state index contributed by atoms with van der Waals surface area (Å²) in [6, 6.07) is 0.239. The fourth-order valence-electron chi connectivity index (χ4n) is 2.18. The van der Waals surface area contributed by atoms with Gasteiger partial charge in [0.15, 0.2) is 5.52 Å². The van der Waals surface area contributed by atoms with Crippen LogP contribution in [0.2, 0.25) is 0 Å². The highest BCUT2D eigenvalue weighted by atomic mass is 19.4. The van der Waals surface area contributed by atoms with Gasteiger partial charge in [0.2, 0.25) is 5.82 Å². The van der Waals surface area contributed by atoms with Gasteiger partial charge in [0, 0.05) is 6.07 Å². The van der Waals surface area contributed by atoms with Crippen molar-refractivity contribution in [2.75, 3.05) is 6.61 Å². The number of carbonyl (C=O) groups excluding carboxylic acids is 1. The number of hydrogen-bond acceptors (Lipinski definition) is 5. The summed E-state index contributed by atoms with van der Waals surface area (Å²) in [4.78, 5) is 25.0. The number of imidazole rings is 1. The quantitative estimate of drug-likeness (QED) is 0.392. The molecule has 0 N–H and O–H groups in total. The lowest BCUT2D eigenvalue weighted by Gasteiger charge is -2.19. The number of ether oxygens (including phenoxy) is 1. The normalized spacial score (nSPS) is 13.0. The van der Waals surface area contributed by atoms with E-state index in [-0.39, 0.29) is 23.3 Å². The molecule has 0 saturated carbocycles. The first kappa shape index (κ1) is 21.4. The van der Waals surface area contributed by atoms with Crippen LogP contribution in [0.4, 0.5) is 36.8 Å². The first-order chi connectivity index (χ1) is 12.5. The van der Waals surface area contributed by atoms with Crippen molar-refractivity contribution >= 4 is 22.8 Å². The van der Waals surface area contributed by atoms with E-state index in [1.165, 1.54) is 0 Å². The summed E-state index contributed by atoms with van der Waals surface area (Å²) < 4.78 is 83.6. The second kappa shape index (κ2) is 6.63. The molecule has 0 aliphatic heterocycles. The maximum atomic E-state index is 13.3. The maximum absolute atomic E-state index is 13.3. The standard InChI is InChI=1S/C15H13F6N3O4/c1-13(2,3)6-28-12(25)23-8-4-7(14(16,17)18)5-9(24(26)27)10(8)22-11(23)15(19,20)21/h4-5H,6H2,1-3H3. The summed E-state index contributed by atoms with van der Waals surface area (Å²) in [7, 11) is 0. The summed E-state index contributed by atoms with van der Waals surface area (Å²) >= 11 is 0. The highest BCUT2D eigenvalue weighted by Gasteiger charge is 2.43. The molecule has 0 unspecified atom stereocenters. The number of rotatable bonds is 2. The van der Waals surface area contributed by atoms with Crippen LogP contribution in [0.25, 0.3) is 11.0 Å². The molecule has 0 spiro atoms. The molecule has 0 fully saturated rings. The molecule has 0 saturated heterocycles. The number of benzene rings is 1. The van der Waals surface area contributed by atoms with E-state index >= 15 is 0 Å². The Hall–Kier alpha value is -2.86. The Labute approximate surface area is 153 Å². The Bertz CT molecular complexity index is 940. The SMILES string of the molecule is CC(C)(C)COC(=O)n1c(C(F)(F)F)nc2c([N+](=O)[O-])cc(C(F)(F)F)cc21. The summed E-state index contributed by atoms with van der Waals surface area (Å²) in [5, 5.41) is 11.1. The molecule has 28 heavy (non-hydrogen) atoms. The predicted octanol–water partition coefficient (Wildman–Crippen LogP) is 5.01. The Morgan fingerprint density at radius 3 is 2.14 bits per heavy atom. The highest BCUT2D eigenvalue weighted by molar-refractivity contribution is 5.93. The van der Waals surface area contributed by atoms with Gasteiger partial charge in [-0.1, -0.05) is 20.8 Å². The molecule has 0 aliphatic rings. The lowest BCUT2D eigenvalue weighted by atomic mass is 9.99. The largest absolute Gasteiger partial charge is 0.450 e. The van der Waals surface area contributed by atoms with E-state index in [1.807, 2.05) is 0 Å². The Balaban J connectivity index is 2.83. The number of nitrogens with zero attached hydrogens (tertiary/aromatic N) is 3. The van der Waals surface area contributed by atoms with Crippen molar-refractivity contribution in [3.63, 3.8) is 0 Å². The number of nitro groups is 1. The minimum absolute atomic E-state index is 0.0559. The number of nitro benzene ring substituents is 1. The second-order valence-corrected chi connectivity index (χ2v) is 7.00. The minimum atomic E-state index is -5.29. The monoisotopic (exact) mass is 413 g/mol. The fraction of sp³-hybridized carbons (Fsp3) is 0.467. The lowest BCUT2D eigenvalue weighted by Crippen LogP contribution is -2.25. The van der Waals surface area contributed by atoms with Crippen LogP contribution in [0.1, 0.15) is 32.2 Å². The maximum Gasteiger partial charge on any atom is 0.450 e. The molecule has 1 aromatic carbocycles. The van der Waals surface area contributed by atoms with Crippen molar-refractivity contribution in [2.45, 2.75) is 33.1 Å². The van der Waals surface area contributed by atoms with Gasteiger partial charge in [-0.3, -0.25) is 10.1 Å². The smallest absolute Gasteiger partial charge is 0.448 e. The van der Waals surface area contributed by atoms with Crippen LogP contribution in [-0.4, -0.2) is 27.2 Å². The number of fused-ring (bicyclic) bond motifs is 1. The summed E-state index contributed by atoms with van der Waals surface area (Å²) in [5.41, 5.74) is -5.64. The van der Waals surface area contributed by atoms with E-state index in [0.29, 0.717) is 0 Å². The first-order valence-electron chi connectivity index (χ1n) is 7.55. The van der Waals surface area contributed by atoms with E-state index in [4.69, 9.17) is 4.74 Å². The molecule has 2 rings (SSSR count). The number of alkyl halides is 6. The molecule has 0 aliphatic carbocycles. The minimum Gasteiger partial charge on any atom is -0.448 e. The molecule has 13 heteroatoms. The molecule has 2 aromatic rings. The second-order valence-electron chi connectivity index (χ2n) is 7.00. The van der Waals surface area contributed by atoms with E-state index in [9.17, 15) is 41.3 Å². The Morgan fingerprint density at radius 1 is 1.14 bits per heavy atom. The van der Waals surface area contributed by atoms with E-state index < -0.39 is 56.9 Å². The molecule has 1 aromatic heterocycles. The molecular formula is C15H13F6N3O4. The third-order valence-corrected chi connectivity index (χ3v) is 3.33. The van der Waals surface area contributed by atoms with Crippen molar-refractivity contribution in [3.05, 3.63) is 33.6 Å². The van der Waals surface area contributed by atoms with Crippen molar-refractivity contribution < 1.29 is 40.8 Å². The molecule has 0 bridgehead atoms. The fourth-order valence-corrected chi connectivity index (χ4v) is 2.18. The molecule has 0 amide bonds. The number of hydrogen-bond donors (Lipinski definition) is 0. The highest BCUT2D eigenvalue weighted by Crippen LogP contribution is 2.39. The van der Waals surface area contributed by atoms with Crippen LogP contribution in [0.15, 0.2) is 12.1 Å². The molecule has 7 nitrogen and oxygen atoms in total. The van der Waals surface area contributed by atoms with Gasteiger partial charge in [0.25, 0.3) is 5.69 Å². The number of aromatic nitrogens is 2. The topological polar surface area (TPSA) is 87.3 Å². The van der Waals surface area contributed by atoms with Gasteiger partial charge in [0.1, 0.15) is 0 Å². The Morgan fingerprint density at radius 2 is 1.71 bits per heavy atom. The average molecular weight is 413 g/mol. The molecule has 154 valence electrons. The van der Waals surface area contributed by atoms with Crippen LogP contribution < -0.4 is 0 Å². The summed E-state index contributed by atoms with van der Waals surface area (Å²) in [5.74, 6) is -1.93.